The quantitative estimate of drug-likeness (QED) is 0.173. The monoisotopic (exact) mass is 719 g/mol. The molecule has 2 aliphatic carbocycles. The SMILES string of the molecule is Cc1nc(C(=O)NCc2ccc(Cl)c(Nc3nc4cc(C(=O)N[C@H]5CC[C@H](C(F)(F)F)CC5)c(N5CC6CC6C5)cc4n3C)c2Cl)cs1. The number of nitrogens with one attached hydrogen (secondary N) is 3. The number of carbonyl (C=O) groups excluding carboxylic acids is 2. The van der Waals surface area contributed by atoms with E-state index in [1.807, 2.05) is 24.6 Å². The molecule has 2 saturated carbocycles. The van der Waals surface area contributed by atoms with Crippen molar-refractivity contribution in [3.63, 3.8) is 0 Å². The van der Waals surface area contributed by atoms with Gasteiger partial charge in [-0.25, -0.2) is 9.97 Å². The van der Waals surface area contributed by atoms with Gasteiger partial charge in [0, 0.05) is 38.1 Å². The van der Waals surface area contributed by atoms with Gasteiger partial charge in [-0.15, -0.1) is 11.3 Å². The molecule has 3 fully saturated rings. The smallest absolute Gasteiger partial charge is 0.370 e. The Balaban J connectivity index is 1.14. The molecule has 4 aromatic rings. The highest BCUT2D eigenvalue weighted by Gasteiger charge is 2.46. The number of aryl methyl sites for hydroxylation is 2. The minimum atomic E-state index is -4.21. The molecule has 3 N–H and O–H groups in total. The standard InChI is InChI=1S/C33H34Cl2F3N7O2S/c1-16-40-25(15-48-16)31(47)39-12-17-3-8-23(34)29(28(17)35)43-32-42-24-10-22(30(46)41-21-6-4-20(5-7-21)33(36,37)38)26(11-27(24)44(32)2)45-13-18-9-19(18)14-45/h3,8,10-11,15,18-21H,4-7,9,12-14H2,1-2H3,(H,39,47)(H,41,46)(H,42,43)/t18?,19?,20-,21-. The van der Waals surface area contributed by atoms with E-state index < -0.39 is 12.1 Å². The van der Waals surface area contributed by atoms with Crippen LogP contribution in [0.2, 0.25) is 10.0 Å². The van der Waals surface area contributed by atoms with Crippen LogP contribution in [0.25, 0.3) is 11.0 Å². The van der Waals surface area contributed by atoms with Gasteiger partial charge in [0.1, 0.15) is 5.69 Å². The first-order chi connectivity index (χ1) is 22.9. The van der Waals surface area contributed by atoms with Crippen LogP contribution in [0.15, 0.2) is 29.6 Å². The molecular formula is C33H34Cl2F3N7O2S. The van der Waals surface area contributed by atoms with Crippen LogP contribution in [-0.2, 0) is 13.6 Å². The second-order valence-corrected chi connectivity index (χ2v) is 14.9. The van der Waals surface area contributed by atoms with Gasteiger partial charge in [0.05, 0.1) is 48.9 Å². The number of amides is 2. The molecule has 2 amide bonds. The summed E-state index contributed by atoms with van der Waals surface area (Å²) >= 11 is 14.8. The molecule has 15 heteroatoms. The van der Waals surface area contributed by atoms with Crippen molar-refractivity contribution in [2.75, 3.05) is 23.3 Å². The molecule has 2 unspecified atom stereocenters. The Hall–Kier alpha value is -3.55. The number of rotatable bonds is 8. The summed E-state index contributed by atoms with van der Waals surface area (Å²) in [6, 6.07) is 6.83. The number of imidazole rings is 1. The van der Waals surface area contributed by atoms with Crippen molar-refractivity contribution in [2.24, 2.45) is 24.8 Å². The number of fused-ring (bicyclic) bond motifs is 2. The van der Waals surface area contributed by atoms with E-state index in [0.717, 1.165) is 29.3 Å². The number of thiazole rings is 1. The molecule has 0 radical (unpaired) electrons. The van der Waals surface area contributed by atoms with Crippen LogP contribution in [0.3, 0.4) is 0 Å². The van der Waals surface area contributed by atoms with Crippen molar-refractivity contribution in [2.45, 2.75) is 57.8 Å². The Kier molecular flexibility index (Phi) is 8.74. The lowest BCUT2D eigenvalue weighted by Crippen LogP contribution is -2.40. The van der Waals surface area contributed by atoms with Crippen LogP contribution in [0.5, 0.6) is 0 Å². The second kappa shape index (κ2) is 12.7. The maximum absolute atomic E-state index is 13.7. The van der Waals surface area contributed by atoms with Crippen LogP contribution in [-0.4, -0.2) is 51.7 Å². The van der Waals surface area contributed by atoms with E-state index in [9.17, 15) is 22.8 Å². The molecule has 3 aliphatic rings. The van der Waals surface area contributed by atoms with Gasteiger partial charge in [0.2, 0.25) is 5.95 Å². The molecule has 2 atom stereocenters. The van der Waals surface area contributed by atoms with E-state index in [2.05, 4.69) is 25.8 Å². The summed E-state index contributed by atoms with van der Waals surface area (Å²) in [5.41, 5.74) is 3.98. The highest BCUT2D eigenvalue weighted by atomic mass is 35.5. The molecule has 254 valence electrons. The van der Waals surface area contributed by atoms with Crippen LogP contribution in [0.4, 0.5) is 30.5 Å². The molecule has 7 rings (SSSR count). The van der Waals surface area contributed by atoms with E-state index in [0.29, 0.717) is 55.9 Å². The van der Waals surface area contributed by atoms with Gasteiger partial charge in [-0.05, 0) is 74.6 Å². The molecular weight excluding hydrogens is 686 g/mol. The van der Waals surface area contributed by atoms with Gasteiger partial charge >= 0.3 is 6.18 Å². The number of carbonyl (C=O) groups is 2. The Morgan fingerprint density at radius 1 is 1.04 bits per heavy atom. The predicted molar refractivity (Wildman–Crippen MR) is 182 cm³/mol. The third-order valence-electron chi connectivity index (χ3n) is 9.79. The van der Waals surface area contributed by atoms with Crippen LogP contribution in [0, 0.1) is 24.7 Å². The van der Waals surface area contributed by atoms with E-state index >= 15 is 0 Å². The zero-order chi connectivity index (χ0) is 33.9. The van der Waals surface area contributed by atoms with Gasteiger partial charge in [0.15, 0.2) is 0 Å². The molecule has 0 spiro atoms. The number of hydrogen-bond acceptors (Lipinski definition) is 7. The fourth-order valence-corrected chi connectivity index (χ4v) is 8.02. The summed E-state index contributed by atoms with van der Waals surface area (Å²) in [6.45, 7) is 3.69. The first-order valence-corrected chi connectivity index (χ1v) is 17.6. The zero-order valence-electron chi connectivity index (χ0n) is 26.3. The van der Waals surface area contributed by atoms with Crippen molar-refractivity contribution in [1.82, 2.24) is 25.2 Å². The number of piperidine rings is 1. The summed E-state index contributed by atoms with van der Waals surface area (Å²) < 4.78 is 41.5. The van der Waals surface area contributed by atoms with E-state index in [-0.39, 0.29) is 50.1 Å². The van der Waals surface area contributed by atoms with E-state index in [4.69, 9.17) is 28.2 Å². The molecule has 1 aliphatic heterocycles. The average Bonchev–Trinajstić information content (AvgIpc) is 3.32. The van der Waals surface area contributed by atoms with Crippen molar-refractivity contribution >= 4 is 74.7 Å². The first-order valence-electron chi connectivity index (χ1n) is 15.9. The third-order valence-corrected chi connectivity index (χ3v) is 11.3. The topological polar surface area (TPSA) is 104 Å². The first kappa shape index (κ1) is 33.0. The summed E-state index contributed by atoms with van der Waals surface area (Å²) in [4.78, 5) is 37.5. The van der Waals surface area contributed by atoms with Crippen molar-refractivity contribution in [3.8, 4) is 0 Å². The van der Waals surface area contributed by atoms with Gasteiger partial charge in [0.25, 0.3) is 11.8 Å². The second-order valence-electron chi connectivity index (χ2n) is 13.0. The van der Waals surface area contributed by atoms with Gasteiger partial charge in [-0.1, -0.05) is 29.3 Å². The number of anilines is 3. The van der Waals surface area contributed by atoms with Gasteiger partial charge in [-0.3, -0.25) is 9.59 Å². The maximum atomic E-state index is 13.7. The summed E-state index contributed by atoms with van der Waals surface area (Å²) in [5, 5.41) is 12.3. The minimum absolute atomic E-state index is 0.00920. The Morgan fingerprint density at radius 2 is 1.77 bits per heavy atom. The Bertz CT molecular complexity index is 1890. The Morgan fingerprint density at radius 3 is 2.44 bits per heavy atom. The molecule has 2 aromatic carbocycles. The Labute approximate surface area is 289 Å². The summed E-state index contributed by atoms with van der Waals surface area (Å²) in [5.74, 6) is -0.268. The predicted octanol–water partition coefficient (Wildman–Crippen LogP) is 7.63. The molecule has 2 aromatic heterocycles. The van der Waals surface area contributed by atoms with Crippen molar-refractivity contribution in [1.29, 1.82) is 0 Å². The number of benzene rings is 2. The number of halogens is 5. The van der Waals surface area contributed by atoms with E-state index in [1.165, 1.54) is 17.8 Å². The lowest BCUT2D eigenvalue weighted by atomic mass is 9.85. The lowest BCUT2D eigenvalue weighted by Gasteiger charge is -2.31. The minimum Gasteiger partial charge on any atom is -0.370 e. The lowest BCUT2D eigenvalue weighted by molar-refractivity contribution is -0.182. The number of alkyl halides is 3. The largest absolute Gasteiger partial charge is 0.391 e. The molecule has 48 heavy (non-hydrogen) atoms. The molecule has 3 heterocycles. The van der Waals surface area contributed by atoms with Crippen molar-refractivity contribution in [3.05, 3.63) is 61.5 Å². The third kappa shape index (κ3) is 6.56. The summed E-state index contributed by atoms with van der Waals surface area (Å²) in [6.07, 6.45) is -2.43. The normalized spacial score (nSPS) is 22.1. The number of nitrogens with zero attached hydrogens (tertiary/aromatic N) is 4. The van der Waals surface area contributed by atoms with Gasteiger partial charge in [-0.2, -0.15) is 13.2 Å². The van der Waals surface area contributed by atoms with Crippen LogP contribution >= 0.6 is 34.5 Å². The average molecular weight is 721 g/mol. The van der Waals surface area contributed by atoms with Gasteiger partial charge < -0.3 is 25.4 Å². The fourth-order valence-electron chi connectivity index (χ4n) is 6.90. The number of hydrogen-bond donors (Lipinski definition) is 3. The highest BCUT2D eigenvalue weighted by molar-refractivity contribution is 7.09. The maximum Gasteiger partial charge on any atom is 0.391 e. The summed E-state index contributed by atoms with van der Waals surface area (Å²) in [7, 11) is 1.85. The van der Waals surface area contributed by atoms with Crippen LogP contribution < -0.4 is 20.9 Å². The van der Waals surface area contributed by atoms with E-state index in [1.54, 1.807) is 23.6 Å². The van der Waals surface area contributed by atoms with Crippen molar-refractivity contribution < 1.29 is 22.8 Å². The van der Waals surface area contributed by atoms with Crippen LogP contribution in [0.1, 0.15) is 63.5 Å². The molecule has 0 bridgehead atoms. The highest BCUT2D eigenvalue weighted by Crippen LogP contribution is 2.47. The molecule has 9 nitrogen and oxygen atoms in total. The molecule has 1 saturated heterocycles. The number of aromatic nitrogens is 3. The zero-order valence-corrected chi connectivity index (χ0v) is 28.6. The fraction of sp³-hybridized carbons (Fsp3) is 0.455.